The van der Waals surface area contributed by atoms with Crippen LogP contribution in [0, 0.1) is 11.8 Å². The highest BCUT2D eigenvalue weighted by atomic mass is 14.3. The third-order valence-electron chi connectivity index (χ3n) is 2.76. The largest absolute Gasteiger partial charge is 0.0843 e. The lowest BCUT2D eigenvalue weighted by Gasteiger charge is -2.11. The SMILES string of the molecule is C1=CCC2CCCC2C=C1. The summed E-state index contributed by atoms with van der Waals surface area (Å²) in [5.41, 5.74) is 0. The van der Waals surface area contributed by atoms with Crippen molar-refractivity contribution in [3.05, 3.63) is 24.3 Å². The Hall–Kier alpha value is -0.520. The lowest BCUT2D eigenvalue weighted by molar-refractivity contribution is 0.467. The molecule has 2 rings (SSSR count). The molecule has 0 aromatic rings. The summed E-state index contributed by atoms with van der Waals surface area (Å²) in [5, 5.41) is 0. The monoisotopic (exact) mass is 134 g/mol. The molecule has 10 heavy (non-hydrogen) atoms. The van der Waals surface area contributed by atoms with Gasteiger partial charge >= 0.3 is 0 Å². The van der Waals surface area contributed by atoms with Crippen LogP contribution in [-0.2, 0) is 0 Å². The average molecular weight is 134 g/mol. The molecule has 0 aliphatic heterocycles. The minimum atomic E-state index is 0.912. The van der Waals surface area contributed by atoms with E-state index in [1.165, 1.54) is 25.7 Å². The van der Waals surface area contributed by atoms with E-state index in [4.69, 9.17) is 0 Å². The van der Waals surface area contributed by atoms with E-state index in [0.29, 0.717) is 0 Å². The van der Waals surface area contributed by atoms with Gasteiger partial charge in [0.25, 0.3) is 0 Å². The molecule has 0 aromatic heterocycles. The molecule has 2 atom stereocenters. The summed E-state index contributed by atoms with van der Waals surface area (Å²) in [4.78, 5) is 0. The van der Waals surface area contributed by atoms with Crippen LogP contribution >= 0.6 is 0 Å². The van der Waals surface area contributed by atoms with Crippen LogP contribution in [0.5, 0.6) is 0 Å². The lowest BCUT2D eigenvalue weighted by Crippen LogP contribution is -2.01. The van der Waals surface area contributed by atoms with Gasteiger partial charge < -0.3 is 0 Å². The van der Waals surface area contributed by atoms with Gasteiger partial charge in [0.1, 0.15) is 0 Å². The standard InChI is InChI=1S/C10H14/c1-2-5-9-7-4-8-10(9)6-3-1/h1-3,5,9-10H,4,6-8H2. The lowest BCUT2D eigenvalue weighted by atomic mass is 9.94. The summed E-state index contributed by atoms with van der Waals surface area (Å²) in [6.45, 7) is 0. The molecule has 0 bridgehead atoms. The Kier molecular flexibility index (Phi) is 1.62. The molecule has 0 heterocycles. The molecule has 0 aromatic carbocycles. The van der Waals surface area contributed by atoms with E-state index in [2.05, 4.69) is 24.3 Å². The van der Waals surface area contributed by atoms with Crippen LogP contribution in [0.1, 0.15) is 25.7 Å². The quantitative estimate of drug-likeness (QED) is 0.478. The van der Waals surface area contributed by atoms with E-state index >= 15 is 0 Å². The first-order chi connectivity index (χ1) is 4.97. The van der Waals surface area contributed by atoms with Gasteiger partial charge in [0.15, 0.2) is 0 Å². The smallest absolute Gasteiger partial charge is 0.0199 e. The second-order valence-electron chi connectivity index (χ2n) is 3.40. The second-order valence-corrected chi connectivity index (χ2v) is 3.40. The Labute approximate surface area is 62.6 Å². The topological polar surface area (TPSA) is 0 Å². The van der Waals surface area contributed by atoms with Crippen molar-refractivity contribution in [3.63, 3.8) is 0 Å². The summed E-state index contributed by atoms with van der Waals surface area (Å²) in [7, 11) is 0. The van der Waals surface area contributed by atoms with Gasteiger partial charge in [0, 0.05) is 0 Å². The molecule has 0 saturated heterocycles. The highest BCUT2D eigenvalue weighted by Crippen LogP contribution is 2.36. The molecule has 54 valence electrons. The number of fused-ring (bicyclic) bond motifs is 1. The zero-order valence-electron chi connectivity index (χ0n) is 6.29. The average Bonchev–Trinajstić information content (AvgIpc) is 2.28. The minimum absolute atomic E-state index is 0.912. The van der Waals surface area contributed by atoms with E-state index in [1.54, 1.807) is 0 Å². The number of hydrogen-bond acceptors (Lipinski definition) is 0. The maximum atomic E-state index is 2.39. The van der Waals surface area contributed by atoms with Gasteiger partial charge in [-0.15, -0.1) is 0 Å². The normalized spacial score (nSPS) is 37.6. The van der Waals surface area contributed by atoms with Crippen molar-refractivity contribution >= 4 is 0 Å². The van der Waals surface area contributed by atoms with Crippen LogP contribution in [0.3, 0.4) is 0 Å². The highest BCUT2D eigenvalue weighted by Gasteiger charge is 2.24. The molecule has 1 fully saturated rings. The van der Waals surface area contributed by atoms with E-state index in [0.717, 1.165) is 11.8 Å². The van der Waals surface area contributed by atoms with Crippen molar-refractivity contribution in [1.29, 1.82) is 0 Å². The van der Waals surface area contributed by atoms with E-state index in [-0.39, 0.29) is 0 Å². The van der Waals surface area contributed by atoms with Crippen LogP contribution in [0.4, 0.5) is 0 Å². The third kappa shape index (κ3) is 1.03. The van der Waals surface area contributed by atoms with Crippen molar-refractivity contribution in [3.8, 4) is 0 Å². The Morgan fingerprint density at radius 1 is 1.10 bits per heavy atom. The summed E-state index contributed by atoms with van der Waals surface area (Å²) in [6, 6.07) is 0. The first kappa shape index (κ1) is 6.21. The van der Waals surface area contributed by atoms with Gasteiger partial charge in [-0.1, -0.05) is 30.7 Å². The molecule has 0 heteroatoms. The van der Waals surface area contributed by atoms with Crippen molar-refractivity contribution in [2.24, 2.45) is 11.8 Å². The summed E-state index contributed by atoms with van der Waals surface area (Å²) < 4.78 is 0. The van der Waals surface area contributed by atoms with Gasteiger partial charge in [-0.3, -0.25) is 0 Å². The fourth-order valence-corrected chi connectivity index (χ4v) is 2.15. The third-order valence-corrected chi connectivity index (χ3v) is 2.76. The highest BCUT2D eigenvalue weighted by molar-refractivity contribution is 5.10. The summed E-state index contributed by atoms with van der Waals surface area (Å²) in [6.07, 6.45) is 14.8. The van der Waals surface area contributed by atoms with Crippen molar-refractivity contribution in [1.82, 2.24) is 0 Å². The Balaban J connectivity index is 2.12. The molecular weight excluding hydrogens is 120 g/mol. The predicted molar refractivity (Wildman–Crippen MR) is 43.7 cm³/mol. The van der Waals surface area contributed by atoms with Crippen LogP contribution in [0.2, 0.25) is 0 Å². The van der Waals surface area contributed by atoms with E-state index < -0.39 is 0 Å². The molecule has 2 aliphatic rings. The number of rotatable bonds is 0. The van der Waals surface area contributed by atoms with Gasteiger partial charge in [-0.2, -0.15) is 0 Å². The molecule has 0 N–H and O–H groups in total. The first-order valence-electron chi connectivity index (χ1n) is 4.30. The van der Waals surface area contributed by atoms with Crippen LogP contribution in [-0.4, -0.2) is 0 Å². The van der Waals surface area contributed by atoms with Crippen molar-refractivity contribution < 1.29 is 0 Å². The molecular formula is C10H14. The Morgan fingerprint density at radius 3 is 3.10 bits per heavy atom. The molecule has 2 aliphatic carbocycles. The molecule has 0 amide bonds. The number of hydrogen-bond donors (Lipinski definition) is 0. The summed E-state index contributed by atoms with van der Waals surface area (Å²) in [5.74, 6) is 1.89. The molecule has 2 unspecified atom stereocenters. The van der Waals surface area contributed by atoms with Gasteiger partial charge in [0.05, 0.1) is 0 Å². The van der Waals surface area contributed by atoms with E-state index in [1.807, 2.05) is 0 Å². The minimum Gasteiger partial charge on any atom is -0.0843 e. The Bertz CT molecular complexity index is 165. The maximum absolute atomic E-state index is 2.39. The fourth-order valence-electron chi connectivity index (χ4n) is 2.15. The number of allylic oxidation sites excluding steroid dienone is 4. The van der Waals surface area contributed by atoms with E-state index in [9.17, 15) is 0 Å². The van der Waals surface area contributed by atoms with Gasteiger partial charge in [0.2, 0.25) is 0 Å². The zero-order chi connectivity index (χ0) is 6.81. The van der Waals surface area contributed by atoms with Crippen molar-refractivity contribution in [2.45, 2.75) is 25.7 Å². The molecule has 1 saturated carbocycles. The van der Waals surface area contributed by atoms with Crippen LogP contribution in [0.25, 0.3) is 0 Å². The van der Waals surface area contributed by atoms with Crippen LogP contribution < -0.4 is 0 Å². The van der Waals surface area contributed by atoms with Gasteiger partial charge in [-0.25, -0.2) is 0 Å². The maximum Gasteiger partial charge on any atom is -0.0199 e. The predicted octanol–water partition coefficient (Wildman–Crippen LogP) is 2.92. The first-order valence-corrected chi connectivity index (χ1v) is 4.30. The van der Waals surface area contributed by atoms with Gasteiger partial charge in [-0.05, 0) is 31.1 Å². The second kappa shape index (κ2) is 2.61. The molecule has 0 radical (unpaired) electrons. The fraction of sp³-hybridized carbons (Fsp3) is 0.600. The zero-order valence-corrected chi connectivity index (χ0v) is 6.29. The van der Waals surface area contributed by atoms with Crippen molar-refractivity contribution in [2.75, 3.05) is 0 Å². The molecule has 0 spiro atoms. The Morgan fingerprint density at radius 2 is 2.10 bits per heavy atom. The molecule has 0 nitrogen and oxygen atoms in total. The summed E-state index contributed by atoms with van der Waals surface area (Å²) >= 11 is 0. The van der Waals surface area contributed by atoms with Crippen LogP contribution in [0.15, 0.2) is 24.3 Å².